The predicted molar refractivity (Wildman–Crippen MR) is 96.3 cm³/mol. The summed E-state index contributed by atoms with van der Waals surface area (Å²) in [6.07, 6.45) is 0.285. The number of aliphatic hydroxyl groups is 1. The summed E-state index contributed by atoms with van der Waals surface area (Å²) in [5.74, 6) is -0.510. The first-order chi connectivity index (χ1) is 13.0. The fourth-order valence-electron chi connectivity index (χ4n) is 3.92. The highest BCUT2D eigenvalue weighted by molar-refractivity contribution is 5.99. The lowest BCUT2D eigenvalue weighted by atomic mass is 9.97. The van der Waals surface area contributed by atoms with Crippen LogP contribution in [-0.2, 0) is 25.7 Å². The number of nitrogens with one attached hydrogen (secondary N) is 1. The standard InChI is InChI=1S/C20H24N2O5/c1-12(23)17-9-21-16(11-26-17)15-7-14-8-18(24)22(14)19(15)20(25)27-10-13-5-3-2-4-6-13/h2-6,12,14,16-17,21,23H,7-11H2,1H3. The molecule has 3 heterocycles. The SMILES string of the molecule is CC(O)C1CNC(C2=C(C(=O)OCc3ccccc3)N3C(=O)CC3C2)CO1. The molecule has 2 N–H and O–H groups in total. The van der Waals surface area contributed by atoms with Gasteiger partial charge in [0.2, 0.25) is 5.91 Å². The highest BCUT2D eigenvalue weighted by Crippen LogP contribution is 2.40. The number of β-lactam (4-membered cyclic amide) rings is 1. The van der Waals surface area contributed by atoms with E-state index in [9.17, 15) is 14.7 Å². The van der Waals surface area contributed by atoms with Crippen molar-refractivity contribution >= 4 is 11.9 Å². The first-order valence-electron chi connectivity index (χ1n) is 9.33. The minimum atomic E-state index is -0.562. The van der Waals surface area contributed by atoms with Crippen molar-refractivity contribution in [2.24, 2.45) is 0 Å². The predicted octanol–water partition coefficient (Wildman–Crippen LogP) is 0.726. The van der Waals surface area contributed by atoms with Crippen molar-refractivity contribution in [3.8, 4) is 0 Å². The van der Waals surface area contributed by atoms with Gasteiger partial charge in [0.1, 0.15) is 12.3 Å². The van der Waals surface area contributed by atoms with E-state index in [1.807, 2.05) is 30.3 Å². The number of morpholine rings is 1. The number of benzene rings is 1. The summed E-state index contributed by atoms with van der Waals surface area (Å²) in [5.41, 5.74) is 2.13. The number of carbonyl (C=O) groups excluding carboxylic acids is 2. The minimum absolute atomic E-state index is 0.0414. The van der Waals surface area contributed by atoms with E-state index in [0.717, 1.165) is 11.1 Å². The average molecular weight is 372 g/mol. The highest BCUT2D eigenvalue weighted by Gasteiger charge is 2.49. The third-order valence-corrected chi connectivity index (χ3v) is 5.45. The van der Waals surface area contributed by atoms with E-state index in [4.69, 9.17) is 9.47 Å². The molecule has 0 radical (unpaired) electrons. The first kappa shape index (κ1) is 18.2. The maximum Gasteiger partial charge on any atom is 0.355 e. The summed E-state index contributed by atoms with van der Waals surface area (Å²) >= 11 is 0. The Hall–Kier alpha value is -2.22. The molecule has 4 atom stereocenters. The average Bonchev–Trinajstić information content (AvgIpc) is 3.00. The van der Waals surface area contributed by atoms with Crippen molar-refractivity contribution in [3.05, 3.63) is 47.2 Å². The van der Waals surface area contributed by atoms with Crippen LogP contribution in [0.4, 0.5) is 0 Å². The normalized spacial score (nSPS) is 28.6. The molecule has 1 amide bonds. The second-order valence-electron chi connectivity index (χ2n) is 7.33. The van der Waals surface area contributed by atoms with Crippen LogP contribution in [0.5, 0.6) is 0 Å². The molecule has 7 heteroatoms. The van der Waals surface area contributed by atoms with Crippen molar-refractivity contribution < 1.29 is 24.2 Å². The maximum atomic E-state index is 12.8. The van der Waals surface area contributed by atoms with Crippen molar-refractivity contribution in [3.63, 3.8) is 0 Å². The largest absolute Gasteiger partial charge is 0.456 e. The lowest BCUT2D eigenvalue weighted by molar-refractivity contribution is -0.151. The zero-order chi connectivity index (χ0) is 19.0. The molecule has 0 aliphatic carbocycles. The number of rotatable bonds is 5. The summed E-state index contributed by atoms with van der Waals surface area (Å²) in [5, 5.41) is 13.0. The van der Waals surface area contributed by atoms with Gasteiger partial charge in [0.25, 0.3) is 0 Å². The van der Waals surface area contributed by atoms with Crippen LogP contribution in [0.25, 0.3) is 0 Å². The topological polar surface area (TPSA) is 88.1 Å². The van der Waals surface area contributed by atoms with Crippen molar-refractivity contribution in [2.45, 2.75) is 50.7 Å². The van der Waals surface area contributed by atoms with Gasteiger partial charge in [0, 0.05) is 19.0 Å². The monoisotopic (exact) mass is 372 g/mol. The second kappa shape index (κ2) is 7.42. The number of carbonyl (C=O) groups is 2. The van der Waals surface area contributed by atoms with Gasteiger partial charge in [-0.25, -0.2) is 4.79 Å². The quantitative estimate of drug-likeness (QED) is 0.585. The number of fused-ring (bicyclic) bond motifs is 1. The molecular weight excluding hydrogens is 348 g/mol. The van der Waals surface area contributed by atoms with Crippen LogP contribution in [0.2, 0.25) is 0 Å². The van der Waals surface area contributed by atoms with E-state index < -0.39 is 12.1 Å². The van der Waals surface area contributed by atoms with Crippen LogP contribution in [-0.4, -0.2) is 59.3 Å². The Bertz CT molecular complexity index is 753. The second-order valence-corrected chi connectivity index (χ2v) is 7.33. The minimum Gasteiger partial charge on any atom is -0.456 e. The van der Waals surface area contributed by atoms with Crippen LogP contribution in [0, 0.1) is 0 Å². The third kappa shape index (κ3) is 3.50. The van der Waals surface area contributed by atoms with E-state index in [0.29, 0.717) is 31.7 Å². The molecule has 1 aromatic carbocycles. The zero-order valence-electron chi connectivity index (χ0n) is 15.3. The molecule has 27 heavy (non-hydrogen) atoms. The molecule has 7 nitrogen and oxygen atoms in total. The van der Waals surface area contributed by atoms with Crippen LogP contribution >= 0.6 is 0 Å². The Labute approximate surface area is 157 Å². The number of esters is 1. The number of aliphatic hydroxyl groups excluding tert-OH is 1. The number of hydrogen-bond donors (Lipinski definition) is 2. The van der Waals surface area contributed by atoms with Crippen LogP contribution in [0.1, 0.15) is 25.3 Å². The molecule has 4 unspecified atom stereocenters. The van der Waals surface area contributed by atoms with Crippen LogP contribution in [0.15, 0.2) is 41.6 Å². The maximum absolute atomic E-state index is 12.8. The van der Waals surface area contributed by atoms with E-state index >= 15 is 0 Å². The van der Waals surface area contributed by atoms with Gasteiger partial charge < -0.3 is 24.8 Å². The molecule has 2 saturated heterocycles. The summed E-state index contributed by atoms with van der Waals surface area (Å²) in [6.45, 7) is 2.71. The van der Waals surface area contributed by atoms with Crippen molar-refractivity contribution in [1.29, 1.82) is 0 Å². The van der Waals surface area contributed by atoms with E-state index in [1.54, 1.807) is 11.8 Å². The molecule has 3 aliphatic heterocycles. The fourth-order valence-corrected chi connectivity index (χ4v) is 3.92. The summed E-state index contributed by atoms with van der Waals surface area (Å²) in [6, 6.07) is 9.35. The van der Waals surface area contributed by atoms with Gasteiger partial charge in [-0.1, -0.05) is 30.3 Å². The van der Waals surface area contributed by atoms with Crippen LogP contribution < -0.4 is 5.32 Å². The zero-order valence-corrected chi connectivity index (χ0v) is 15.3. The summed E-state index contributed by atoms with van der Waals surface area (Å²) in [7, 11) is 0. The van der Waals surface area contributed by atoms with Gasteiger partial charge in [-0.15, -0.1) is 0 Å². The van der Waals surface area contributed by atoms with Crippen molar-refractivity contribution in [1.82, 2.24) is 10.2 Å². The van der Waals surface area contributed by atoms with Gasteiger partial charge in [0.05, 0.1) is 24.9 Å². The molecule has 0 spiro atoms. The molecule has 2 fully saturated rings. The van der Waals surface area contributed by atoms with Crippen LogP contribution in [0.3, 0.4) is 0 Å². The summed E-state index contributed by atoms with van der Waals surface area (Å²) < 4.78 is 11.2. The molecule has 144 valence electrons. The number of ether oxygens (including phenoxy) is 2. The van der Waals surface area contributed by atoms with Gasteiger partial charge in [0.15, 0.2) is 0 Å². The lowest BCUT2D eigenvalue weighted by Crippen LogP contribution is -2.51. The summed E-state index contributed by atoms with van der Waals surface area (Å²) in [4.78, 5) is 26.4. The van der Waals surface area contributed by atoms with Gasteiger partial charge >= 0.3 is 5.97 Å². The molecule has 0 aromatic heterocycles. The lowest BCUT2D eigenvalue weighted by Gasteiger charge is -2.35. The van der Waals surface area contributed by atoms with Gasteiger partial charge in [-0.2, -0.15) is 0 Å². The van der Waals surface area contributed by atoms with Gasteiger partial charge in [-0.3, -0.25) is 4.79 Å². The van der Waals surface area contributed by atoms with Crippen molar-refractivity contribution in [2.75, 3.05) is 13.2 Å². The molecule has 0 bridgehead atoms. The molecule has 0 saturated carbocycles. The first-order valence-corrected chi connectivity index (χ1v) is 9.33. The van der Waals surface area contributed by atoms with E-state index in [2.05, 4.69) is 5.32 Å². The number of hydrogen-bond acceptors (Lipinski definition) is 6. The molecule has 1 aromatic rings. The van der Waals surface area contributed by atoms with E-state index in [-0.39, 0.29) is 30.7 Å². The number of amides is 1. The molecular formula is C20H24N2O5. The smallest absolute Gasteiger partial charge is 0.355 e. The Morgan fingerprint density at radius 3 is 2.78 bits per heavy atom. The number of nitrogens with zero attached hydrogens (tertiary/aromatic N) is 1. The Balaban J connectivity index is 1.50. The Morgan fingerprint density at radius 2 is 2.15 bits per heavy atom. The highest BCUT2D eigenvalue weighted by atomic mass is 16.5. The Kier molecular flexibility index (Phi) is 4.99. The third-order valence-electron chi connectivity index (χ3n) is 5.45. The van der Waals surface area contributed by atoms with Gasteiger partial charge in [-0.05, 0) is 24.5 Å². The molecule has 3 aliphatic rings. The fraction of sp³-hybridized carbons (Fsp3) is 0.500. The van der Waals surface area contributed by atoms with E-state index in [1.165, 1.54) is 0 Å². The Morgan fingerprint density at radius 1 is 1.37 bits per heavy atom. The molecule has 4 rings (SSSR count).